The van der Waals surface area contributed by atoms with Crippen LogP contribution in [-0.2, 0) is 0 Å². The van der Waals surface area contributed by atoms with Crippen LogP contribution in [0.3, 0.4) is 0 Å². The molecule has 4 heteroatoms. The second kappa shape index (κ2) is 14.0. The van der Waals surface area contributed by atoms with E-state index in [-0.39, 0.29) is 0 Å². The van der Waals surface area contributed by atoms with E-state index in [1.165, 1.54) is 55.0 Å². The molecule has 9 aromatic carbocycles. The monoisotopic (exact) mass is 740 g/mol. The van der Waals surface area contributed by atoms with Gasteiger partial charge in [-0.05, 0) is 86.6 Å². The van der Waals surface area contributed by atoms with Crippen molar-refractivity contribution in [3.63, 3.8) is 0 Å². The molecular weight excluding hydrogens is 705 g/mol. The minimum absolute atomic E-state index is 0.692. The van der Waals surface area contributed by atoms with E-state index >= 15 is 0 Å². The zero-order valence-corrected chi connectivity index (χ0v) is 31.6. The first-order valence-electron chi connectivity index (χ1n) is 19.7. The smallest absolute Gasteiger partial charge is 0.182 e. The summed E-state index contributed by atoms with van der Waals surface area (Å²) in [7, 11) is 0. The quantitative estimate of drug-likeness (QED) is 0.163. The van der Waals surface area contributed by atoms with Gasteiger partial charge in [0.15, 0.2) is 11.6 Å². The molecule has 58 heavy (non-hydrogen) atoms. The number of hydrogen-bond donors (Lipinski definition) is 0. The van der Waals surface area contributed by atoms with Gasteiger partial charge >= 0.3 is 0 Å². The molecule has 0 bridgehead atoms. The normalized spacial score (nSPS) is 11.4. The highest BCUT2D eigenvalue weighted by Crippen LogP contribution is 2.41. The molecule has 0 aliphatic rings. The summed E-state index contributed by atoms with van der Waals surface area (Å²) in [6.07, 6.45) is 0. The van der Waals surface area contributed by atoms with Crippen molar-refractivity contribution in [2.45, 2.75) is 0 Å². The average Bonchev–Trinajstić information content (AvgIpc) is 3.90. The van der Waals surface area contributed by atoms with Gasteiger partial charge in [-0.1, -0.05) is 176 Å². The zero-order valence-electron chi connectivity index (χ0n) is 31.6. The van der Waals surface area contributed by atoms with Crippen molar-refractivity contribution >= 4 is 32.6 Å². The first kappa shape index (κ1) is 33.5. The molecule has 0 aliphatic heterocycles. The SMILES string of the molecule is c1ccc(-c2nc(-c3cccc4ccccc34)n(-c3ccc(-c4ccccc4-c4ccccc4-c4ccc5c(c4)c4ccccc4n5-c4ccccc4)cc3)n2)cc1. The largest absolute Gasteiger partial charge is 0.309 e. The van der Waals surface area contributed by atoms with Gasteiger partial charge < -0.3 is 4.57 Å². The topological polar surface area (TPSA) is 35.6 Å². The molecule has 0 atom stereocenters. The Bertz CT molecular complexity index is 3260. The predicted molar refractivity (Wildman–Crippen MR) is 240 cm³/mol. The summed E-state index contributed by atoms with van der Waals surface area (Å²) in [4.78, 5) is 5.15. The van der Waals surface area contributed by atoms with Crippen molar-refractivity contribution in [1.29, 1.82) is 0 Å². The lowest BCUT2D eigenvalue weighted by molar-refractivity contribution is 0.891. The molecule has 0 spiro atoms. The molecule has 2 aromatic heterocycles. The van der Waals surface area contributed by atoms with Gasteiger partial charge in [-0.15, -0.1) is 5.10 Å². The third-order valence-electron chi connectivity index (χ3n) is 11.2. The molecule has 11 rings (SSSR count). The van der Waals surface area contributed by atoms with Crippen molar-refractivity contribution < 1.29 is 0 Å². The van der Waals surface area contributed by atoms with Gasteiger partial charge in [0.1, 0.15) is 0 Å². The maximum Gasteiger partial charge on any atom is 0.182 e. The van der Waals surface area contributed by atoms with E-state index in [0.29, 0.717) is 5.82 Å². The second-order valence-corrected chi connectivity index (χ2v) is 14.6. The number of para-hydroxylation sites is 2. The van der Waals surface area contributed by atoms with Gasteiger partial charge in [-0.25, -0.2) is 9.67 Å². The van der Waals surface area contributed by atoms with Crippen molar-refractivity contribution in [3.05, 3.63) is 218 Å². The average molecular weight is 741 g/mol. The summed E-state index contributed by atoms with van der Waals surface area (Å²) in [6, 6.07) is 77.5. The van der Waals surface area contributed by atoms with E-state index in [0.717, 1.165) is 39.3 Å². The predicted octanol–water partition coefficient (Wildman–Crippen LogP) is 13.9. The van der Waals surface area contributed by atoms with Crippen molar-refractivity contribution in [2.24, 2.45) is 0 Å². The molecule has 272 valence electrons. The minimum atomic E-state index is 0.692. The van der Waals surface area contributed by atoms with Crippen LogP contribution in [0.15, 0.2) is 218 Å². The van der Waals surface area contributed by atoms with Gasteiger partial charge in [0, 0.05) is 27.6 Å². The number of aromatic nitrogens is 4. The number of hydrogen-bond acceptors (Lipinski definition) is 2. The van der Waals surface area contributed by atoms with Gasteiger partial charge in [0.2, 0.25) is 0 Å². The Kier molecular flexibility index (Phi) is 8.11. The lowest BCUT2D eigenvalue weighted by atomic mass is 9.89. The van der Waals surface area contributed by atoms with E-state index in [4.69, 9.17) is 10.1 Å². The van der Waals surface area contributed by atoms with Crippen LogP contribution in [0.5, 0.6) is 0 Å². The third-order valence-corrected chi connectivity index (χ3v) is 11.2. The molecule has 2 heterocycles. The molecule has 0 radical (unpaired) electrons. The summed E-state index contributed by atoms with van der Waals surface area (Å²) in [5.41, 5.74) is 13.6. The Labute approximate surface area is 336 Å². The van der Waals surface area contributed by atoms with E-state index in [1.54, 1.807) is 0 Å². The minimum Gasteiger partial charge on any atom is -0.309 e. The number of fused-ring (bicyclic) bond motifs is 4. The Hall–Kier alpha value is -7.82. The van der Waals surface area contributed by atoms with Gasteiger partial charge in [-0.2, -0.15) is 0 Å². The summed E-state index contributed by atoms with van der Waals surface area (Å²) in [5, 5.41) is 9.90. The number of benzene rings is 9. The first-order chi connectivity index (χ1) is 28.8. The highest BCUT2D eigenvalue weighted by Gasteiger charge is 2.19. The van der Waals surface area contributed by atoms with Crippen molar-refractivity contribution in [2.75, 3.05) is 0 Å². The summed E-state index contributed by atoms with van der Waals surface area (Å²) in [5.74, 6) is 1.50. The standard InChI is InChI=1S/C54H36N4/c1-3-17-39(18-4-1)53-55-54(49-28-15-19-37-16-7-8-23-44(37)49)58(56-53)42-33-30-38(31-34-42)43-22-9-11-25-46(43)47-26-12-10-24-45(47)40-32-35-52-50(36-40)48-27-13-14-29-51(48)57(52)41-20-5-2-6-21-41/h1-36H. The summed E-state index contributed by atoms with van der Waals surface area (Å²) in [6.45, 7) is 0. The van der Waals surface area contributed by atoms with Crippen molar-refractivity contribution in [3.8, 4) is 67.5 Å². The fourth-order valence-electron chi connectivity index (χ4n) is 8.51. The maximum atomic E-state index is 5.15. The highest BCUT2D eigenvalue weighted by molar-refractivity contribution is 6.11. The van der Waals surface area contributed by atoms with Crippen LogP contribution in [0.25, 0.3) is 100 Å². The molecule has 0 aliphatic carbocycles. The van der Waals surface area contributed by atoms with Crippen LogP contribution in [0.4, 0.5) is 0 Å². The van der Waals surface area contributed by atoms with Gasteiger partial charge in [0.05, 0.1) is 16.7 Å². The fraction of sp³-hybridized carbons (Fsp3) is 0. The Morgan fingerprint density at radius 1 is 0.328 bits per heavy atom. The number of nitrogens with zero attached hydrogens (tertiary/aromatic N) is 4. The van der Waals surface area contributed by atoms with Crippen molar-refractivity contribution in [1.82, 2.24) is 19.3 Å². The second-order valence-electron chi connectivity index (χ2n) is 14.6. The maximum absolute atomic E-state index is 5.15. The molecule has 4 nitrogen and oxygen atoms in total. The Morgan fingerprint density at radius 2 is 0.879 bits per heavy atom. The molecule has 0 fully saturated rings. The Morgan fingerprint density at radius 3 is 1.64 bits per heavy atom. The van der Waals surface area contributed by atoms with Crippen LogP contribution in [0.2, 0.25) is 0 Å². The third kappa shape index (κ3) is 5.70. The highest BCUT2D eigenvalue weighted by atomic mass is 15.4. The zero-order chi connectivity index (χ0) is 38.4. The van der Waals surface area contributed by atoms with Crippen LogP contribution in [-0.4, -0.2) is 19.3 Å². The summed E-state index contributed by atoms with van der Waals surface area (Å²) >= 11 is 0. The van der Waals surface area contributed by atoms with Gasteiger partial charge in [0.25, 0.3) is 0 Å². The van der Waals surface area contributed by atoms with Crippen LogP contribution in [0.1, 0.15) is 0 Å². The van der Waals surface area contributed by atoms with Crippen LogP contribution >= 0.6 is 0 Å². The Balaban J connectivity index is 1.01. The van der Waals surface area contributed by atoms with E-state index in [9.17, 15) is 0 Å². The van der Waals surface area contributed by atoms with E-state index in [1.807, 2.05) is 22.9 Å². The van der Waals surface area contributed by atoms with E-state index < -0.39 is 0 Å². The first-order valence-corrected chi connectivity index (χ1v) is 19.7. The number of rotatable bonds is 7. The molecule has 0 saturated carbocycles. The molecule has 0 N–H and O–H groups in total. The molecule has 11 aromatic rings. The van der Waals surface area contributed by atoms with Crippen LogP contribution < -0.4 is 0 Å². The van der Waals surface area contributed by atoms with Crippen LogP contribution in [0, 0.1) is 0 Å². The molecule has 0 saturated heterocycles. The molecule has 0 unspecified atom stereocenters. The molecular formula is C54H36N4. The fourth-order valence-corrected chi connectivity index (χ4v) is 8.51. The summed E-state index contributed by atoms with van der Waals surface area (Å²) < 4.78 is 4.35. The lowest BCUT2D eigenvalue weighted by Crippen LogP contribution is -2.00. The lowest BCUT2D eigenvalue weighted by Gasteiger charge is -2.16. The van der Waals surface area contributed by atoms with E-state index in [2.05, 4.69) is 205 Å². The van der Waals surface area contributed by atoms with Gasteiger partial charge in [-0.3, -0.25) is 0 Å². The molecule has 0 amide bonds.